The van der Waals surface area contributed by atoms with E-state index < -0.39 is 0 Å². The normalized spacial score (nSPS) is 16.2. The first-order valence-electron chi connectivity index (χ1n) is 7.32. The summed E-state index contributed by atoms with van der Waals surface area (Å²) in [4.78, 5) is 15.7. The van der Waals surface area contributed by atoms with Crippen molar-refractivity contribution >= 4 is 17.7 Å². The summed E-state index contributed by atoms with van der Waals surface area (Å²) in [6, 6.07) is 6.04. The van der Waals surface area contributed by atoms with E-state index in [0.29, 0.717) is 6.61 Å². The maximum absolute atomic E-state index is 12.6. The Morgan fingerprint density at radius 1 is 1.43 bits per heavy atom. The van der Waals surface area contributed by atoms with Crippen LogP contribution in [0.2, 0.25) is 0 Å². The van der Waals surface area contributed by atoms with E-state index >= 15 is 0 Å². The van der Waals surface area contributed by atoms with E-state index in [1.165, 1.54) is 0 Å². The number of aliphatic hydroxyl groups excluding tert-OH is 1. The van der Waals surface area contributed by atoms with Gasteiger partial charge in [-0.1, -0.05) is 6.07 Å². The van der Waals surface area contributed by atoms with Crippen molar-refractivity contribution in [3.05, 3.63) is 29.3 Å². The monoisotopic (exact) mass is 309 g/mol. The fourth-order valence-electron chi connectivity index (χ4n) is 2.57. The smallest absolute Gasteiger partial charge is 0.254 e. The molecule has 0 atom stereocenters. The van der Waals surface area contributed by atoms with Crippen LogP contribution >= 0.6 is 11.8 Å². The van der Waals surface area contributed by atoms with Gasteiger partial charge < -0.3 is 14.7 Å². The van der Waals surface area contributed by atoms with Crippen molar-refractivity contribution < 1.29 is 14.6 Å². The van der Waals surface area contributed by atoms with Gasteiger partial charge in [-0.15, -0.1) is 11.8 Å². The number of carbonyl (C=O) groups is 1. The number of hydrogen-bond donors (Lipinski definition) is 1. The van der Waals surface area contributed by atoms with Crippen LogP contribution in [0.1, 0.15) is 28.8 Å². The van der Waals surface area contributed by atoms with E-state index in [1.54, 1.807) is 11.8 Å². The largest absolute Gasteiger partial charge is 0.394 e. The first-order valence-corrected chi connectivity index (χ1v) is 8.54. The molecular weight excluding hydrogens is 286 g/mol. The van der Waals surface area contributed by atoms with Crippen LogP contribution < -0.4 is 0 Å². The third-order valence-corrected chi connectivity index (χ3v) is 4.57. The molecule has 0 aromatic heterocycles. The molecule has 21 heavy (non-hydrogen) atoms. The van der Waals surface area contributed by atoms with Crippen LogP contribution in [0.3, 0.4) is 0 Å². The minimum Gasteiger partial charge on any atom is -0.394 e. The SMILES string of the molecule is CSc1ccc(C)c(C(=O)N2CCC(OCCO)CC2)c1. The summed E-state index contributed by atoms with van der Waals surface area (Å²) in [6.07, 6.45) is 3.86. The number of benzene rings is 1. The van der Waals surface area contributed by atoms with Crippen molar-refractivity contribution in [1.82, 2.24) is 4.90 Å². The number of piperidine rings is 1. The number of thioether (sulfide) groups is 1. The number of hydrogen-bond acceptors (Lipinski definition) is 4. The Bertz CT molecular complexity index is 484. The summed E-state index contributed by atoms with van der Waals surface area (Å²) in [5, 5.41) is 8.77. The molecule has 1 N–H and O–H groups in total. The number of aliphatic hydroxyl groups is 1. The first-order chi connectivity index (χ1) is 10.2. The van der Waals surface area contributed by atoms with Gasteiger partial charge >= 0.3 is 0 Å². The third-order valence-electron chi connectivity index (χ3n) is 3.85. The Morgan fingerprint density at radius 3 is 2.76 bits per heavy atom. The predicted octanol–water partition coefficient (Wildman–Crippen LogP) is 2.33. The van der Waals surface area contributed by atoms with E-state index in [2.05, 4.69) is 0 Å². The zero-order valence-corrected chi connectivity index (χ0v) is 13.5. The molecule has 1 amide bonds. The Kier molecular flexibility index (Phi) is 6.08. The highest BCUT2D eigenvalue weighted by Crippen LogP contribution is 2.22. The van der Waals surface area contributed by atoms with Gasteiger partial charge in [0.2, 0.25) is 0 Å². The lowest BCUT2D eigenvalue weighted by molar-refractivity contribution is -0.00555. The lowest BCUT2D eigenvalue weighted by Crippen LogP contribution is -2.41. The lowest BCUT2D eigenvalue weighted by atomic mass is 10.0. The Labute approximate surface area is 130 Å². The molecule has 0 saturated carbocycles. The maximum atomic E-state index is 12.6. The van der Waals surface area contributed by atoms with Crippen LogP contribution in [0, 0.1) is 6.92 Å². The van der Waals surface area contributed by atoms with Gasteiger partial charge in [-0.05, 0) is 43.7 Å². The molecule has 1 aliphatic rings. The molecule has 1 heterocycles. The quantitative estimate of drug-likeness (QED) is 0.848. The number of nitrogens with zero attached hydrogens (tertiary/aromatic N) is 1. The topological polar surface area (TPSA) is 49.8 Å². The summed E-state index contributed by atoms with van der Waals surface area (Å²) in [7, 11) is 0. The highest BCUT2D eigenvalue weighted by molar-refractivity contribution is 7.98. The zero-order chi connectivity index (χ0) is 15.2. The second kappa shape index (κ2) is 7.82. The van der Waals surface area contributed by atoms with Crippen molar-refractivity contribution in [2.75, 3.05) is 32.6 Å². The van der Waals surface area contributed by atoms with Gasteiger partial charge in [0.1, 0.15) is 0 Å². The average Bonchev–Trinajstić information content (AvgIpc) is 2.53. The minimum atomic E-state index is 0.0554. The summed E-state index contributed by atoms with van der Waals surface area (Å²) in [5.74, 6) is 0.115. The number of carbonyl (C=O) groups excluding carboxylic acids is 1. The Morgan fingerprint density at radius 2 is 2.14 bits per heavy atom. The molecule has 116 valence electrons. The molecule has 5 heteroatoms. The van der Waals surface area contributed by atoms with Gasteiger partial charge in [0, 0.05) is 23.5 Å². The van der Waals surface area contributed by atoms with Gasteiger partial charge in [-0.2, -0.15) is 0 Å². The van der Waals surface area contributed by atoms with Crippen molar-refractivity contribution in [2.24, 2.45) is 0 Å². The van der Waals surface area contributed by atoms with E-state index in [1.807, 2.05) is 36.3 Å². The highest BCUT2D eigenvalue weighted by atomic mass is 32.2. The van der Waals surface area contributed by atoms with E-state index in [-0.39, 0.29) is 18.6 Å². The van der Waals surface area contributed by atoms with Crippen LogP contribution in [0.15, 0.2) is 23.1 Å². The van der Waals surface area contributed by atoms with E-state index in [0.717, 1.165) is 42.0 Å². The number of amides is 1. The summed E-state index contributed by atoms with van der Waals surface area (Å²) in [5.41, 5.74) is 1.83. The molecule has 1 aliphatic heterocycles. The molecule has 0 bridgehead atoms. The number of rotatable bonds is 5. The Balaban J connectivity index is 1.98. The predicted molar refractivity (Wildman–Crippen MR) is 84.9 cm³/mol. The third kappa shape index (κ3) is 4.22. The molecule has 2 rings (SSSR count). The number of aryl methyl sites for hydroxylation is 1. The van der Waals surface area contributed by atoms with Crippen molar-refractivity contribution in [2.45, 2.75) is 30.8 Å². The second-order valence-corrected chi connectivity index (χ2v) is 6.15. The zero-order valence-electron chi connectivity index (χ0n) is 12.7. The van der Waals surface area contributed by atoms with Crippen molar-refractivity contribution in [1.29, 1.82) is 0 Å². The summed E-state index contributed by atoms with van der Waals surface area (Å²) >= 11 is 1.65. The van der Waals surface area contributed by atoms with Gasteiger partial charge in [0.25, 0.3) is 5.91 Å². The van der Waals surface area contributed by atoms with Crippen LogP contribution in [-0.2, 0) is 4.74 Å². The fourth-order valence-corrected chi connectivity index (χ4v) is 3.01. The molecule has 4 nitrogen and oxygen atoms in total. The van der Waals surface area contributed by atoms with E-state index in [9.17, 15) is 4.79 Å². The van der Waals surface area contributed by atoms with E-state index in [4.69, 9.17) is 9.84 Å². The van der Waals surface area contributed by atoms with Gasteiger partial charge in [0.15, 0.2) is 0 Å². The van der Waals surface area contributed by atoms with Crippen molar-refractivity contribution in [3.8, 4) is 0 Å². The second-order valence-electron chi connectivity index (χ2n) is 5.27. The highest BCUT2D eigenvalue weighted by Gasteiger charge is 2.24. The number of likely N-dealkylation sites (tertiary alicyclic amines) is 1. The minimum absolute atomic E-state index is 0.0554. The molecule has 1 aromatic carbocycles. The van der Waals surface area contributed by atoms with Crippen LogP contribution in [0.5, 0.6) is 0 Å². The lowest BCUT2D eigenvalue weighted by Gasteiger charge is -2.32. The molecule has 0 radical (unpaired) electrons. The van der Waals surface area contributed by atoms with Gasteiger partial charge in [0.05, 0.1) is 19.3 Å². The molecule has 1 aromatic rings. The standard InChI is InChI=1S/C16H23NO3S/c1-12-3-4-14(21-2)11-15(12)16(19)17-7-5-13(6-8-17)20-10-9-18/h3-4,11,13,18H,5-10H2,1-2H3. The molecule has 0 spiro atoms. The molecule has 0 aliphatic carbocycles. The van der Waals surface area contributed by atoms with Gasteiger partial charge in [-0.25, -0.2) is 0 Å². The van der Waals surface area contributed by atoms with Gasteiger partial charge in [-0.3, -0.25) is 4.79 Å². The molecule has 0 unspecified atom stereocenters. The first kappa shape index (κ1) is 16.3. The van der Waals surface area contributed by atoms with Crippen LogP contribution in [0.4, 0.5) is 0 Å². The Hall–Kier alpha value is -1.04. The fraction of sp³-hybridized carbons (Fsp3) is 0.562. The molecule has 1 fully saturated rings. The van der Waals surface area contributed by atoms with Crippen LogP contribution in [-0.4, -0.2) is 54.6 Å². The molecule has 1 saturated heterocycles. The summed E-state index contributed by atoms with van der Waals surface area (Å²) < 4.78 is 5.53. The van der Waals surface area contributed by atoms with Crippen molar-refractivity contribution in [3.63, 3.8) is 0 Å². The summed E-state index contributed by atoms with van der Waals surface area (Å²) in [6.45, 7) is 3.86. The average molecular weight is 309 g/mol. The number of ether oxygens (including phenoxy) is 1. The van der Waals surface area contributed by atoms with Crippen LogP contribution in [0.25, 0.3) is 0 Å². The maximum Gasteiger partial charge on any atom is 0.254 e. The molecular formula is C16H23NO3S.